The van der Waals surface area contributed by atoms with E-state index in [9.17, 15) is 15.0 Å². The Bertz CT molecular complexity index is 1020. The van der Waals surface area contributed by atoms with Crippen LogP contribution >= 0.6 is 11.6 Å². The minimum absolute atomic E-state index is 0.0209. The van der Waals surface area contributed by atoms with Crippen molar-refractivity contribution in [1.82, 2.24) is 9.80 Å². The van der Waals surface area contributed by atoms with Crippen molar-refractivity contribution in [1.29, 1.82) is 0 Å². The largest absolute Gasteiger partial charge is 0.508 e. The number of halogens is 1. The van der Waals surface area contributed by atoms with Crippen molar-refractivity contribution in [3.05, 3.63) is 58.1 Å². The molecule has 184 valence electrons. The number of likely N-dealkylation sites (tertiary alicyclic amines) is 1. The summed E-state index contributed by atoms with van der Waals surface area (Å²) in [5.41, 5.74) is 2.34. The first-order valence-corrected chi connectivity index (χ1v) is 11.8. The highest BCUT2D eigenvalue weighted by atomic mass is 35.5. The highest BCUT2D eigenvalue weighted by Gasteiger charge is 2.42. The van der Waals surface area contributed by atoms with Gasteiger partial charge in [0.25, 0.3) is 5.91 Å². The van der Waals surface area contributed by atoms with Crippen LogP contribution in [0.5, 0.6) is 11.5 Å². The van der Waals surface area contributed by atoms with Crippen molar-refractivity contribution in [2.24, 2.45) is 0 Å². The molecule has 34 heavy (non-hydrogen) atoms. The number of aliphatic hydroxyl groups excluding tert-OH is 2. The molecule has 0 aromatic heterocycles. The number of phenolic OH excluding ortho intramolecular Hbond substituents is 1. The maximum atomic E-state index is 12.6. The Kier molecular flexibility index (Phi) is 7.64. The predicted molar refractivity (Wildman–Crippen MR) is 127 cm³/mol. The van der Waals surface area contributed by atoms with Gasteiger partial charge in [0, 0.05) is 44.3 Å². The number of carbonyl (C=O) groups excluding carboxylic acids is 1. The molecule has 3 N–H and O–H groups in total. The zero-order valence-corrected chi connectivity index (χ0v) is 20.0. The second kappa shape index (κ2) is 10.5. The quantitative estimate of drug-likeness (QED) is 0.522. The Labute approximate surface area is 204 Å². The molecule has 0 bridgehead atoms. The van der Waals surface area contributed by atoms with Crippen molar-refractivity contribution in [3.63, 3.8) is 0 Å². The monoisotopic (exact) mass is 490 g/mol. The van der Waals surface area contributed by atoms with E-state index in [4.69, 9.17) is 26.2 Å². The molecule has 0 aliphatic carbocycles. The van der Waals surface area contributed by atoms with Crippen LogP contribution in [0.3, 0.4) is 0 Å². The minimum Gasteiger partial charge on any atom is -0.508 e. The third-order valence-corrected chi connectivity index (χ3v) is 6.84. The van der Waals surface area contributed by atoms with Gasteiger partial charge in [-0.15, -0.1) is 0 Å². The Morgan fingerprint density at radius 1 is 1.26 bits per heavy atom. The number of rotatable bonds is 8. The number of phenols is 1. The molecule has 1 saturated heterocycles. The van der Waals surface area contributed by atoms with E-state index >= 15 is 0 Å². The molecule has 0 radical (unpaired) electrons. The number of ether oxygens (including phenoxy) is 2. The molecule has 2 aromatic carbocycles. The van der Waals surface area contributed by atoms with Crippen molar-refractivity contribution in [2.45, 2.75) is 31.2 Å². The van der Waals surface area contributed by atoms with Crippen LogP contribution in [0.2, 0.25) is 5.02 Å². The fourth-order valence-corrected chi connectivity index (χ4v) is 4.93. The van der Waals surface area contributed by atoms with Gasteiger partial charge in [-0.25, -0.2) is 0 Å². The van der Waals surface area contributed by atoms with E-state index in [1.807, 2.05) is 12.1 Å². The van der Waals surface area contributed by atoms with Gasteiger partial charge in [-0.2, -0.15) is 0 Å². The maximum absolute atomic E-state index is 12.6. The summed E-state index contributed by atoms with van der Waals surface area (Å²) in [7, 11) is 1.58. The third-order valence-electron chi connectivity index (χ3n) is 6.60. The van der Waals surface area contributed by atoms with Crippen molar-refractivity contribution < 1.29 is 29.6 Å². The molecule has 0 saturated carbocycles. The molecule has 2 aliphatic heterocycles. The molecule has 0 unspecified atom stereocenters. The van der Waals surface area contributed by atoms with E-state index in [-0.39, 0.29) is 48.3 Å². The van der Waals surface area contributed by atoms with Crippen molar-refractivity contribution in [2.75, 3.05) is 46.4 Å². The number of carbonyl (C=O) groups is 1. The summed E-state index contributed by atoms with van der Waals surface area (Å²) in [5.74, 6) is -0.177. The predicted octanol–water partition coefficient (Wildman–Crippen LogP) is 2.37. The fraction of sp³-hybridized carbons (Fsp3) is 0.480. The van der Waals surface area contributed by atoms with Gasteiger partial charge in [0.15, 0.2) is 0 Å². The first-order valence-electron chi connectivity index (χ1n) is 11.5. The van der Waals surface area contributed by atoms with E-state index in [1.165, 1.54) is 28.7 Å². The number of fused-ring (bicyclic) bond motifs is 2. The Balaban J connectivity index is 1.32. The molecule has 1 spiro atoms. The number of likely N-dealkylation sites (N-methyl/N-ethyl adjacent to an activating group) is 1. The summed E-state index contributed by atoms with van der Waals surface area (Å²) in [6.07, 6.45) is 0.889. The first-order chi connectivity index (χ1) is 16.3. The summed E-state index contributed by atoms with van der Waals surface area (Å²) in [6.45, 7) is 2.56. The number of amides is 1. The number of aromatic hydroxyl groups is 1. The zero-order chi connectivity index (χ0) is 24.3. The van der Waals surface area contributed by atoms with Gasteiger partial charge in [-0.3, -0.25) is 4.79 Å². The van der Waals surface area contributed by atoms with Crippen LogP contribution < -0.4 is 4.74 Å². The zero-order valence-electron chi connectivity index (χ0n) is 19.2. The molecular formula is C25H31ClN2O6. The van der Waals surface area contributed by atoms with Gasteiger partial charge in [-0.05, 0) is 48.2 Å². The molecule has 2 heterocycles. The van der Waals surface area contributed by atoms with Crippen LogP contribution in [0.25, 0.3) is 0 Å². The normalized spacial score (nSPS) is 18.0. The lowest BCUT2D eigenvalue weighted by Crippen LogP contribution is -2.46. The van der Waals surface area contributed by atoms with Crippen molar-refractivity contribution in [3.8, 4) is 11.5 Å². The first kappa shape index (κ1) is 24.8. The van der Waals surface area contributed by atoms with Crippen molar-refractivity contribution >= 4 is 17.5 Å². The highest BCUT2D eigenvalue weighted by Crippen LogP contribution is 2.44. The smallest absolute Gasteiger partial charge is 0.257 e. The summed E-state index contributed by atoms with van der Waals surface area (Å²) < 4.78 is 11.9. The van der Waals surface area contributed by atoms with Gasteiger partial charge < -0.3 is 34.6 Å². The average Bonchev–Trinajstić information content (AvgIpc) is 3.16. The maximum Gasteiger partial charge on any atom is 0.257 e. The lowest BCUT2D eigenvalue weighted by atomic mass is 9.84. The topological polar surface area (TPSA) is 103 Å². The number of hydrogen-bond donors (Lipinski definition) is 3. The summed E-state index contributed by atoms with van der Waals surface area (Å²) in [4.78, 5) is 16.2. The second-order valence-corrected chi connectivity index (χ2v) is 9.42. The molecule has 1 atom stereocenters. The van der Waals surface area contributed by atoms with Crippen LogP contribution in [-0.4, -0.2) is 83.6 Å². The average molecular weight is 491 g/mol. The van der Waals surface area contributed by atoms with E-state index in [0.717, 1.165) is 36.5 Å². The van der Waals surface area contributed by atoms with Gasteiger partial charge in [-0.1, -0.05) is 17.7 Å². The number of benzene rings is 2. The SMILES string of the molecule is CN(CCO)C(=O)c1ccc(O)cc1OC[C@@H](O)CN1CCC2(CC1)OCc1cc(Cl)ccc12. The van der Waals surface area contributed by atoms with Crippen LogP contribution in [-0.2, 0) is 16.9 Å². The van der Waals surface area contributed by atoms with Crippen LogP contribution in [0, 0.1) is 0 Å². The molecule has 9 heteroatoms. The lowest BCUT2D eigenvalue weighted by Gasteiger charge is -2.39. The minimum atomic E-state index is -0.773. The fourth-order valence-electron chi connectivity index (χ4n) is 4.73. The lowest BCUT2D eigenvalue weighted by molar-refractivity contribution is -0.0835. The molecule has 8 nitrogen and oxygen atoms in total. The van der Waals surface area contributed by atoms with Gasteiger partial charge in [0.2, 0.25) is 0 Å². The Hall–Kier alpha value is -2.36. The van der Waals surface area contributed by atoms with Gasteiger partial charge >= 0.3 is 0 Å². The van der Waals surface area contributed by atoms with Gasteiger partial charge in [0.05, 0.1) is 24.4 Å². The van der Waals surface area contributed by atoms with Crippen LogP contribution in [0.4, 0.5) is 0 Å². The van der Waals surface area contributed by atoms with E-state index in [2.05, 4.69) is 11.0 Å². The molecule has 1 amide bonds. The molecule has 2 aliphatic rings. The van der Waals surface area contributed by atoms with Gasteiger partial charge in [0.1, 0.15) is 24.2 Å². The second-order valence-electron chi connectivity index (χ2n) is 8.98. The third kappa shape index (κ3) is 5.31. The Morgan fingerprint density at radius 2 is 2.03 bits per heavy atom. The number of piperidine rings is 1. The van der Waals surface area contributed by atoms with Crippen LogP contribution in [0.1, 0.15) is 34.3 Å². The summed E-state index contributed by atoms with van der Waals surface area (Å²) in [6, 6.07) is 10.2. The number of aliphatic hydroxyl groups is 2. The Morgan fingerprint density at radius 3 is 2.76 bits per heavy atom. The van der Waals surface area contributed by atoms with Crippen LogP contribution in [0.15, 0.2) is 36.4 Å². The molecule has 2 aromatic rings. The number of nitrogens with zero attached hydrogens (tertiary/aromatic N) is 2. The van der Waals surface area contributed by atoms with E-state index < -0.39 is 6.10 Å². The highest BCUT2D eigenvalue weighted by molar-refractivity contribution is 6.30. The molecule has 1 fully saturated rings. The molecular weight excluding hydrogens is 460 g/mol. The summed E-state index contributed by atoms with van der Waals surface area (Å²) >= 11 is 6.12. The van der Waals surface area contributed by atoms with E-state index in [1.54, 1.807) is 7.05 Å². The molecule has 4 rings (SSSR count). The number of hydrogen-bond acceptors (Lipinski definition) is 7. The summed E-state index contributed by atoms with van der Waals surface area (Å²) in [5, 5.41) is 30.2. The number of β-amino-alcohol motifs (C(OH)–C–C–N with tert-alkyl or cyclic N) is 1. The van der Waals surface area contributed by atoms with E-state index in [0.29, 0.717) is 13.2 Å². The standard InChI is InChI=1S/C25H31ClN2O6/c1-27(10-11-29)24(32)21-4-3-19(30)13-23(21)33-16-20(31)14-28-8-6-25(7-9-28)22-5-2-18(26)12-17(22)15-34-25/h2-5,12-13,20,29-31H,6-11,14-16H2,1H3/t20-/m0/s1.